The van der Waals surface area contributed by atoms with Crippen LogP contribution in [0.25, 0.3) is 0 Å². The third-order valence-electron chi connectivity index (χ3n) is 3.70. The second-order valence-electron chi connectivity index (χ2n) is 5.52. The van der Waals surface area contributed by atoms with Crippen LogP contribution in [0.15, 0.2) is 12.7 Å². The molecular formula is C14H25N5OS. The Hall–Kier alpha value is -1.24. The lowest BCUT2D eigenvalue weighted by Gasteiger charge is -2.32. The van der Waals surface area contributed by atoms with Crippen LogP contribution < -0.4 is 10.6 Å². The van der Waals surface area contributed by atoms with Crippen molar-refractivity contribution < 1.29 is 4.79 Å². The normalized spacial score (nSPS) is 23.5. The van der Waals surface area contributed by atoms with Gasteiger partial charge in [0.1, 0.15) is 12.7 Å². The highest BCUT2D eigenvalue weighted by Crippen LogP contribution is 2.28. The summed E-state index contributed by atoms with van der Waals surface area (Å²) in [6.07, 6.45) is 7.94. The van der Waals surface area contributed by atoms with Crippen LogP contribution in [-0.4, -0.2) is 43.9 Å². The van der Waals surface area contributed by atoms with Gasteiger partial charge in [0.25, 0.3) is 0 Å². The molecule has 7 heteroatoms. The number of hydrogen-bond donors (Lipinski definition) is 2. The van der Waals surface area contributed by atoms with Gasteiger partial charge in [0.05, 0.1) is 6.54 Å². The van der Waals surface area contributed by atoms with Crippen molar-refractivity contribution >= 4 is 17.8 Å². The van der Waals surface area contributed by atoms with Crippen LogP contribution in [-0.2, 0) is 6.54 Å². The number of hydrogen-bond acceptors (Lipinski definition) is 4. The fourth-order valence-electron chi connectivity index (χ4n) is 2.76. The monoisotopic (exact) mass is 311 g/mol. The molecule has 21 heavy (non-hydrogen) atoms. The van der Waals surface area contributed by atoms with Gasteiger partial charge in [0, 0.05) is 17.3 Å². The lowest BCUT2D eigenvalue weighted by Crippen LogP contribution is -2.50. The van der Waals surface area contributed by atoms with E-state index < -0.39 is 0 Å². The second kappa shape index (κ2) is 8.26. The largest absolute Gasteiger partial charge is 0.334 e. The van der Waals surface area contributed by atoms with Crippen molar-refractivity contribution in [2.45, 2.75) is 63.4 Å². The lowest BCUT2D eigenvalue weighted by molar-refractivity contribution is 0.228. The van der Waals surface area contributed by atoms with Crippen molar-refractivity contribution in [3.63, 3.8) is 0 Å². The van der Waals surface area contributed by atoms with Gasteiger partial charge in [-0.05, 0) is 25.5 Å². The Morgan fingerprint density at radius 3 is 3.00 bits per heavy atom. The first kappa shape index (κ1) is 16.1. The molecule has 0 saturated heterocycles. The highest BCUT2D eigenvalue weighted by molar-refractivity contribution is 7.99. The minimum atomic E-state index is -0.0729. The molecule has 1 aliphatic rings. The van der Waals surface area contributed by atoms with Crippen molar-refractivity contribution in [3.05, 3.63) is 12.7 Å². The van der Waals surface area contributed by atoms with E-state index in [4.69, 9.17) is 0 Å². The molecule has 1 saturated carbocycles. The first-order valence-corrected chi connectivity index (χ1v) is 8.75. The Labute approximate surface area is 130 Å². The molecule has 0 unspecified atom stereocenters. The molecule has 1 fully saturated rings. The van der Waals surface area contributed by atoms with Crippen LogP contribution in [0, 0.1) is 0 Å². The van der Waals surface area contributed by atoms with Crippen molar-refractivity contribution in [2.75, 3.05) is 5.75 Å². The molecule has 1 heterocycles. The molecule has 2 N–H and O–H groups in total. The number of rotatable bonds is 6. The number of carbonyl (C=O) groups excluding carboxylic acids is 1. The molecule has 0 bridgehead atoms. The maximum absolute atomic E-state index is 12.1. The van der Waals surface area contributed by atoms with Crippen molar-refractivity contribution in [2.24, 2.45) is 0 Å². The molecule has 118 valence electrons. The molecule has 0 spiro atoms. The van der Waals surface area contributed by atoms with E-state index in [0.29, 0.717) is 17.8 Å². The highest BCUT2D eigenvalue weighted by atomic mass is 32.2. The number of thioether (sulfide) groups is 1. The summed E-state index contributed by atoms with van der Waals surface area (Å²) in [5, 5.41) is 10.7. The minimum Gasteiger partial charge on any atom is -0.334 e. The van der Waals surface area contributed by atoms with E-state index in [0.717, 1.165) is 12.2 Å². The molecule has 0 aromatic carbocycles. The third-order valence-corrected chi connectivity index (χ3v) is 5.03. The minimum absolute atomic E-state index is 0.0209. The predicted molar refractivity (Wildman–Crippen MR) is 85.3 cm³/mol. The summed E-state index contributed by atoms with van der Waals surface area (Å²) >= 11 is 1.96. The molecule has 1 aliphatic carbocycles. The Balaban J connectivity index is 1.77. The van der Waals surface area contributed by atoms with Crippen LogP contribution in [0.3, 0.4) is 0 Å². The lowest BCUT2D eigenvalue weighted by atomic mass is 9.95. The number of aromatic nitrogens is 3. The molecule has 0 aliphatic heterocycles. The van der Waals surface area contributed by atoms with Gasteiger partial charge in [-0.1, -0.05) is 19.8 Å². The number of amides is 2. The first-order valence-electron chi connectivity index (χ1n) is 7.70. The summed E-state index contributed by atoms with van der Waals surface area (Å²) in [4.78, 5) is 16.0. The predicted octanol–water partition coefficient (Wildman–Crippen LogP) is 2.03. The Morgan fingerprint density at radius 1 is 1.48 bits per heavy atom. The smallest absolute Gasteiger partial charge is 0.315 e. The molecule has 3 atom stereocenters. The van der Waals surface area contributed by atoms with E-state index in [-0.39, 0.29) is 12.1 Å². The van der Waals surface area contributed by atoms with E-state index in [1.807, 2.05) is 18.7 Å². The summed E-state index contributed by atoms with van der Waals surface area (Å²) in [6.45, 7) is 4.78. The number of nitrogens with one attached hydrogen (secondary N) is 2. The van der Waals surface area contributed by atoms with E-state index >= 15 is 0 Å². The average molecular weight is 311 g/mol. The molecular weight excluding hydrogens is 286 g/mol. The van der Waals surface area contributed by atoms with Gasteiger partial charge in [0.15, 0.2) is 0 Å². The van der Waals surface area contributed by atoms with Gasteiger partial charge in [0.2, 0.25) is 0 Å². The molecule has 6 nitrogen and oxygen atoms in total. The van der Waals surface area contributed by atoms with Crippen molar-refractivity contribution in [3.8, 4) is 0 Å². The topological polar surface area (TPSA) is 71.8 Å². The van der Waals surface area contributed by atoms with Gasteiger partial charge in [-0.3, -0.25) is 4.68 Å². The van der Waals surface area contributed by atoms with Crippen LogP contribution in [0.1, 0.15) is 39.5 Å². The summed E-state index contributed by atoms with van der Waals surface area (Å²) in [5.74, 6) is 1.10. The van der Waals surface area contributed by atoms with Crippen LogP contribution in [0.2, 0.25) is 0 Å². The van der Waals surface area contributed by atoms with Crippen LogP contribution in [0.5, 0.6) is 0 Å². The van der Waals surface area contributed by atoms with E-state index in [1.165, 1.54) is 25.6 Å². The standard InChI is InChI=1S/C14H25N5OS/c1-3-21-13-7-5-4-6-12(13)18-14(20)17-11(2)8-19-10-15-9-16-19/h9-13H,3-8H2,1-2H3,(H2,17,18,20)/t11-,12+,13+/m0/s1. The first-order chi connectivity index (χ1) is 10.2. The fraction of sp³-hybridized carbons (Fsp3) is 0.786. The molecule has 1 aromatic heterocycles. The number of nitrogens with zero attached hydrogens (tertiary/aromatic N) is 3. The molecule has 2 rings (SSSR count). The summed E-state index contributed by atoms with van der Waals surface area (Å²) in [5.41, 5.74) is 0. The highest BCUT2D eigenvalue weighted by Gasteiger charge is 2.26. The molecule has 1 aromatic rings. The Kier molecular flexibility index (Phi) is 6.35. The van der Waals surface area contributed by atoms with Crippen molar-refractivity contribution in [1.82, 2.24) is 25.4 Å². The van der Waals surface area contributed by atoms with Gasteiger partial charge < -0.3 is 10.6 Å². The molecule has 2 amide bonds. The second-order valence-corrected chi connectivity index (χ2v) is 7.04. The fourth-order valence-corrected chi connectivity index (χ4v) is 3.96. The maximum Gasteiger partial charge on any atom is 0.315 e. The maximum atomic E-state index is 12.1. The van der Waals surface area contributed by atoms with Gasteiger partial charge >= 0.3 is 6.03 Å². The zero-order chi connectivity index (χ0) is 15.1. The third kappa shape index (κ3) is 5.22. The summed E-state index contributed by atoms with van der Waals surface area (Å²) in [6, 6.07) is 0.242. The van der Waals surface area contributed by atoms with E-state index in [9.17, 15) is 4.79 Å². The Morgan fingerprint density at radius 2 is 2.29 bits per heavy atom. The zero-order valence-corrected chi connectivity index (χ0v) is 13.6. The molecule has 0 radical (unpaired) electrons. The average Bonchev–Trinajstić information content (AvgIpc) is 2.93. The zero-order valence-electron chi connectivity index (χ0n) is 12.8. The SMILES string of the molecule is CCS[C@@H]1CCCC[C@H]1NC(=O)N[C@@H](C)Cn1cncn1. The Bertz CT molecular complexity index is 423. The van der Waals surface area contributed by atoms with Crippen molar-refractivity contribution in [1.29, 1.82) is 0 Å². The number of carbonyl (C=O) groups is 1. The van der Waals surface area contributed by atoms with Crippen LogP contribution in [0.4, 0.5) is 4.79 Å². The number of urea groups is 1. The summed E-state index contributed by atoms with van der Waals surface area (Å²) < 4.78 is 1.72. The van der Waals surface area contributed by atoms with Crippen LogP contribution >= 0.6 is 11.8 Å². The quantitative estimate of drug-likeness (QED) is 0.843. The van der Waals surface area contributed by atoms with E-state index in [1.54, 1.807) is 11.0 Å². The van der Waals surface area contributed by atoms with Gasteiger partial charge in [-0.25, -0.2) is 9.78 Å². The van der Waals surface area contributed by atoms with E-state index in [2.05, 4.69) is 27.6 Å². The summed E-state index contributed by atoms with van der Waals surface area (Å²) in [7, 11) is 0. The van der Waals surface area contributed by atoms with Gasteiger partial charge in [-0.15, -0.1) is 0 Å². The van der Waals surface area contributed by atoms with Gasteiger partial charge in [-0.2, -0.15) is 16.9 Å².